The summed E-state index contributed by atoms with van der Waals surface area (Å²) in [6.07, 6.45) is 1.99. The molecule has 2 N–H and O–H groups in total. The lowest BCUT2D eigenvalue weighted by Gasteiger charge is -2.10. The second-order valence-corrected chi connectivity index (χ2v) is 4.90. The Labute approximate surface area is 115 Å². The molecule has 0 spiro atoms. The zero-order chi connectivity index (χ0) is 13.7. The van der Waals surface area contributed by atoms with Crippen molar-refractivity contribution in [3.05, 3.63) is 59.2 Å². The smallest absolute Gasteiger partial charge is 0.122 e. The molecule has 2 aromatic rings. The van der Waals surface area contributed by atoms with Gasteiger partial charge in [0.05, 0.1) is 6.61 Å². The van der Waals surface area contributed by atoms with Crippen LogP contribution < -0.4 is 10.5 Å². The molecular weight excluding hydrogens is 234 g/mol. The Bertz CT molecular complexity index is 549. The Hall–Kier alpha value is -1.96. The van der Waals surface area contributed by atoms with E-state index >= 15 is 0 Å². The minimum absolute atomic E-state index is 0.735. The van der Waals surface area contributed by atoms with Crippen molar-refractivity contribution < 1.29 is 4.74 Å². The monoisotopic (exact) mass is 255 g/mol. The Balaban J connectivity index is 1.82. The maximum absolute atomic E-state index is 5.84. The molecule has 2 nitrogen and oxygen atoms in total. The molecule has 0 amide bonds. The van der Waals surface area contributed by atoms with Crippen LogP contribution in [0.1, 0.15) is 23.1 Å². The van der Waals surface area contributed by atoms with Crippen molar-refractivity contribution in [1.29, 1.82) is 0 Å². The van der Waals surface area contributed by atoms with Gasteiger partial charge in [-0.15, -0.1) is 0 Å². The van der Waals surface area contributed by atoms with Crippen LogP contribution in [0, 0.1) is 13.8 Å². The molecule has 2 rings (SSSR count). The van der Waals surface area contributed by atoms with E-state index in [2.05, 4.69) is 26.0 Å². The molecule has 0 bridgehead atoms. The molecule has 0 aliphatic carbocycles. The van der Waals surface area contributed by atoms with Gasteiger partial charge in [0.1, 0.15) is 5.75 Å². The first-order valence-electron chi connectivity index (χ1n) is 6.70. The summed E-state index contributed by atoms with van der Waals surface area (Å²) in [4.78, 5) is 0. The van der Waals surface area contributed by atoms with Gasteiger partial charge in [0, 0.05) is 5.69 Å². The van der Waals surface area contributed by atoms with Gasteiger partial charge in [0.2, 0.25) is 0 Å². The SMILES string of the molecule is Cc1cccc(OCCCc2cccc(N)c2)c1C. The third-order valence-electron chi connectivity index (χ3n) is 3.37. The van der Waals surface area contributed by atoms with Crippen molar-refractivity contribution in [3.8, 4) is 5.75 Å². The van der Waals surface area contributed by atoms with Crippen molar-refractivity contribution in [2.75, 3.05) is 12.3 Å². The third kappa shape index (κ3) is 3.75. The largest absolute Gasteiger partial charge is 0.493 e. The number of anilines is 1. The van der Waals surface area contributed by atoms with Crippen molar-refractivity contribution in [2.24, 2.45) is 0 Å². The maximum Gasteiger partial charge on any atom is 0.122 e. The number of hydrogen-bond donors (Lipinski definition) is 1. The molecule has 0 aliphatic rings. The molecule has 2 aromatic carbocycles. The van der Waals surface area contributed by atoms with Gasteiger partial charge < -0.3 is 10.5 Å². The quantitative estimate of drug-likeness (QED) is 0.649. The van der Waals surface area contributed by atoms with E-state index in [-0.39, 0.29) is 0 Å². The van der Waals surface area contributed by atoms with Crippen LogP contribution in [0.15, 0.2) is 42.5 Å². The molecule has 2 heteroatoms. The van der Waals surface area contributed by atoms with Crippen LogP contribution in [-0.4, -0.2) is 6.61 Å². The van der Waals surface area contributed by atoms with Gasteiger partial charge in [-0.2, -0.15) is 0 Å². The maximum atomic E-state index is 5.84. The Morgan fingerprint density at radius 1 is 1.05 bits per heavy atom. The summed E-state index contributed by atoms with van der Waals surface area (Å²) in [7, 11) is 0. The fraction of sp³-hybridized carbons (Fsp3) is 0.294. The molecular formula is C17H21NO. The van der Waals surface area contributed by atoms with Gasteiger partial charge in [0.15, 0.2) is 0 Å². The Morgan fingerprint density at radius 2 is 1.84 bits per heavy atom. The number of rotatable bonds is 5. The van der Waals surface area contributed by atoms with Crippen LogP contribution in [0.5, 0.6) is 5.75 Å². The predicted molar refractivity (Wildman–Crippen MR) is 80.6 cm³/mol. The highest BCUT2D eigenvalue weighted by atomic mass is 16.5. The topological polar surface area (TPSA) is 35.2 Å². The highest BCUT2D eigenvalue weighted by molar-refractivity contribution is 5.40. The van der Waals surface area contributed by atoms with Gasteiger partial charge >= 0.3 is 0 Å². The molecule has 0 saturated carbocycles. The summed E-state index contributed by atoms with van der Waals surface area (Å²) in [6.45, 7) is 4.94. The van der Waals surface area contributed by atoms with E-state index in [1.54, 1.807) is 0 Å². The zero-order valence-corrected chi connectivity index (χ0v) is 11.6. The molecule has 0 radical (unpaired) electrons. The molecule has 0 atom stereocenters. The lowest BCUT2D eigenvalue weighted by atomic mass is 10.1. The summed E-state index contributed by atoms with van der Waals surface area (Å²) >= 11 is 0. The van der Waals surface area contributed by atoms with Gasteiger partial charge in [-0.05, 0) is 61.6 Å². The summed E-state index contributed by atoms with van der Waals surface area (Å²) in [5.74, 6) is 0.993. The minimum atomic E-state index is 0.735. The van der Waals surface area contributed by atoms with E-state index in [4.69, 9.17) is 10.5 Å². The molecule has 0 aliphatic heterocycles. The fourth-order valence-corrected chi connectivity index (χ4v) is 2.09. The van der Waals surface area contributed by atoms with Crippen LogP contribution in [0.2, 0.25) is 0 Å². The Morgan fingerprint density at radius 3 is 2.63 bits per heavy atom. The molecule has 0 unspecified atom stereocenters. The number of nitrogens with two attached hydrogens (primary N) is 1. The molecule has 100 valence electrons. The predicted octanol–water partition coefficient (Wildman–Crippen LogP) is 3.90. The number of hydrogen-bond acceptors (Lipinski definition) is 2. The number of aryl methyl sites for hydroxylation is 2. The summed E-state index contributed by atoms with van der Waals surface area (Å²) in [5, 5.41) is 0. The van der Waals surface area contributed by atoms with Gasteiger partial charge in [-0.1, -0.05) is 24.3 Å². The van der Waals surface area contributed by atoms with Crippen molar-refractivity contribution in [1.82, 2.24) is 0 Å². The van der Waals surface area contributed by atoms with Crippen LogP contribution >= 0.6 is 0 Å². The van der Waals surface area contributed by atoms with E-state index in [0.717, 1.165) is 30.9 Å². The summed E-state index contributed by atoms with van der Waals surface area (Å²) in [5.41, 5.74) is 10.4. The number of nitrogen functional groups attached to an aromatic ring is 1. The van der Waals surface area contributed by atoms with Crippen LogP contribution in [0.4, 0.5) is 5.69 Å². The second-order valence-electron chi connectivity index (χ2n) is 4.90. The molecule has 0 heterocycles. The average Bonchev–Trinajstić information content (AvgIpc) is 2.39. The van der Waals surface area contributed by atoms with E-state index in [1.807, 2.05) is 30.3 Å². The molecule has 0 saturated heterocycles. The molecule has 0 fully saturated rings. The standard InChI is InChI=1S/C17H21NO/c1-13-6-3-10-17(14(13)2)19-11-5-8-15-7-4-9-16(18)12-15/h3-4,6-7,9-10,12H,5,8,11,18H2,1-2H3. The normalized spacial score (nSPS) is 10.4. The van der Waals surface area contributed by atoms with Gasteiger partial charge in [-0.25, -0.2) is 0 Å². The average molecular weight is 255 g/mol. The lowest BCUT2D eigenvalue weighted by Crippen LogP contribution is -2.01. The Kier molecular flexibility index (Phi) is 4.45. The van der Waals surface area contributed by atoms with Crippen LogP contribution in [-0.2, 0) is 6.42 Å². The van der Waals surface area contributed by atoms with Crippen LogP contribution in [0.3, 0.4) is 0 Å². The zero-order valence-electron chi connectivity index (χ0n) is 11.6. The van der Waals surface area contributed by atoms with E-state index in [0.29, 0.717) is 0 Å². The second kappa shape index (κ2) is 6.28. The first-order chi connectivity index (χ1) is 9.16. The first-order valence-corrected chi connectivity index (χ1v) is 6.70. The molecule has 0 aromatic heterocycles. The van der Waals surface area contributed by atoms with Crippen molar-refractivity contribution in [2.45, 2.75) is 26.7 Å². The third-order valence-corrected chi connectivity index (χ3v) is 3.37. The van der Waals surface area contributed by atoms with Crippen molar-refractivity contribution >= 4 is 5.69 Å². The van der Waals surface area contributed by atoms with Gasteiger partial charge in [-0.3, -0.25) is 0 Å². The minimum Gasteiger partial charge on any atom is -0.493 e. The molecule has 19 heavy (non-hydrogen) atoms. The number of ether oxygens (including phenoxy) is 1. The first kappa shape index (κ1) is 13.5. The van der Waals surface area contributed by atoms with E-state index in [1.165, 1.54) is 16.7 Å². The number of benzene rings is 2. The highest BCUT2D eigenvalue weighted by Gasteiger charge is 2.01. The summed E-state index contributed by atoms with van der Waals surface area (Å²) < 4.78 is 5.84. The highest BCUT2D eigenvalue weighted by Crippen LogP contribution is 2.20. The fourth-order valence-electron chi connectivity index (χ4n) is 2.09. The summed E-state index contributed by atoms with van der Waals surface area (Å²) in [6, 6.07) is 14.2. The van der Waals surface area contributed by atoms with Crippen LogP contribution in [0.25, 0.3) is 0 Å². The van der Waals surface area contributed by atoms with E-state index < -0.39 is 0 Å². The van der Waals surface area contributed by atoms with Crippen molar-refractivity contribution in [3.63, 3.8) is 0 Å². The lowest BCUT2D eigenvalue weighted by molar-refractivity contribution is 0.309. The van der Waals surface area contributed by atoms with Gasteiger partial charge in [0.25, 0.3) is 0 Å². The van der Waals surface area contributed by atoms with E-state index in [9.17, 15) is 0 Å².